The summed E-state index contributed by atoms with van der Waals surface area (Å²) in [6.07, 6.45) is 3.40. The van der Waals surface area contributed by atoms with Gasteiger partial charge in [0.15, 0.2) is 17.9 Å². The minimum Gasteiger partial charge on any atom is -0.385 e. The molecule has 2 aliphatic heterocycles. The van der Waals surface area contributed by atoms with Gasteiger partial charge in [-0.2, -0.15) is 0 Å². The van der Waals surface area contributed by atoms with Gasteiger partial charge in [-0.3, -0.25) is 10.7 Å². The number of nitrogens with two attached hydrogens (primary N) is 1. The highest BCUT2D eigenvalue weighted by atomic mass is 15.3. The lowest BCUT2D eigenvalue weighted by Gasteiger charge is -2.24. The van der Waals surface area contributed by atoms with Crippen LogP contribution in [0.4, 0.5) is 5.82 Å². The van der Waals surface area contributed by atoms with Gasteiger partial charge >= 0.3 is 0 Å². The Labute approximate surface area is 117 Å². The Balaban J connectivity index is 1.82. The van der Waals surface area contributed by atoms with Gasteiger partial charge in [-0.05, 0) is 31.1 Å². The monoisotopic (exact) mass is 273 g/mol. The molecule has 1 aromatic heterocycles. The summed E-state index contributed by atoms with van der Waals surface area (Å²) in [7, 11) is 0. The fraction of sp³-hybridized carbons (Fsp3) is 0.385. The van der Waals surface area contributed by atoms with E-state index in [0.717, 1.165) is 23.9 Å². The largest absolute Gasteiger partial charge is 0.385 e. The molecular weight excluding hydrogens is 254 g/mol. The number of rotatable bonds is 2. The summed E-state index contributed by atoms with van der Waals surface area (Å²) >= 11 is 0. The number of nitrogens with one attached hydrogen (secondary N) is 4. The van der Waals surface area contributed by atoms with E-state index in [-0.39, 0.29) is 6.29 Å². The summed E-state index contributed by atoms with van der Waals surface area (Å²) in [5, 5.41) is 9.47. The maximum atomic E-state index is 5.86. The van der Waals surface area contributed by atoms with Crippen LogP contribution in [0.5, 0.6) is 0 Å². The first-order chi connectivity index (χ1) is 9.63. The molecule has 0 aliphatic carbocycles. The van der Waals surface area contributed by atoms with Crippen molar-refractivity contribution in [2.24, 2.45) is 10.7 Å². The van der Waals surface area contributed by atoms with Gasteiger partial charge < -0.3 is 20.9 Å². The molecule has 6 N–H and O–H groups in total. The van der Waals surface area contributed by atoms with Crippen LogP contribution in [0.2, 0.25) is 0 Å². The number of hydrogen-bond donors (Lipinski definition) is 5. The number of fused-ring (bicyclic) bond motifs is 1. The highest BCUT2D eigenvalue weighted by Crippen LogP contribution is 2.16. The molecule has 20 heavy (non-hydrogen) atoms. The number of amidine groups is 1. The smallest absolute Gasteiger partial charge is 0.157 e. The number of aromatic amines is 1. The van der Waals surface area contributed by atoms with Crippen LogP contribution in [-0.4, -0.2) is 35.2 Å². The SMILES string of the molecule is CC1=CC(C)=C(CN=C2NC(N)Nc3nc[nH]c32)CN1. The Morgan fingerprint density at radius 2 is 2.25 bits per heavy atom. The second kappa shape index (κ2) is 5.01. The quantitative estimate of drug-likeness (QED) is 0.531. The normalized spacial score (nSPS) is 23.6. The van der Waals surface area contributed by atoms with Crippen molar-refractivity contribution >= 4 is 11.7 Å². The lowest BCUT2D eigenvalue weighted by molar-refractivity contribution is 0.694. The van der Waals surface area contributed by atoms with E-state index < -0.39 is 0 Å². The van der Waals surface area contributed by atoms with Gasteiger partial charge in [-0.25, -0.2) is 4.98 Å². The van der Waals surface area contributed by atoms with Crippen LogP contribution in [0.25, 0.3) is 0 Å². The first kappa shape index (κ1) is 12.7. The third kappa shape index (κ3) is 2.39. The van der Waals surface area contributed by atoms with Crippen LogP contribution in [0, 0.1) is 0 Å². The van der Waals surface area contributed by atoms with Crippen molar-refractivity contribution < 1.29 is 0 Å². The predicted octanol–water partition coefficient (Wildman–Crippen LogP) is 0.237. The van der Waals surface area contributed by atoms with E-state index in [0.29, 0.717) is 6.54 Å². The molecule has 0 aromatic carbocycles. The average molecular weight is 273 g/mol. The van der Waals surface area contributed by atoms with E-state index in [2.05, 4.69) is 50.8 Å². The Morgan fingerprint density at radius 3 is 3.05 bits per heavy atom. The number of aliphatic imine (C=N–C) groups is 1. The highest BCUT2D eigenvalue weighted by Gasteiger charge is 2.21. The zero-order valence-electron chi connectivity index (χ0n) is 11.6. The minimum atomic E-state index is -0.369. The molecule has 1 atom stereocenters. The summed E-state index contributed by atoms with van der Waals surface area (Å²) in [5.41, 5.74) is 10.4. The number of imidazole rings is 1. The van der Waals surface area contributed by atoms with Gasteiger partial charge in [0.25, 0.3) is 0 Å². The minimum absolute atomic E-state index is 0.369. The summed E-state index contributed by atoms with van der Waals surface area (Å²) < 4.78 is 0. The highest BCUT2D eigenvalue weighted by molar-refractivity contribution is 6.02. The summed E-state index contributed by atoms with van der Waals surface area (Å²) in [5.74, 6) is 1.48. The van der Waals surface area contributed by atoms with E-state index in [1.807, 2.05) is 0 Å². The van der Waals surface area contributed by atoms with Crippen molar-refractivity contribution in [3.8, 4) is 0 Å². The van der Waals surface area contributed by atoms with Crippen LogP contribution in [-0.2, 0) is 0 Å². The molecular formula is C13H19N7. The van der Waals surface area contributed by atoms with E-state index in [4.69, 9.17) is 5.73 Å². The molecule has 0 bridgehead atoms. The van der Waals surface area contributed by atoms with Crippen molar-refractivity contribution in [2.45, 2.75) is 20.1 Å². The Kier molecular flexibility index (Phi) is 3.19. The summed E-state index contributed by atoms with van der Waals surface area (Å²) in [6.45, 7) is 5.65. The number of H-pyrrole nitrogens is 1. The maximum absolute atomic E-state index is 5.86. The molecule has 1 aromatic rings. The number of aromatic nitrogens is 2. The lowest BCUT2D eigenvalue weighted by Crippen LogP contribution is -2.51. The van der Waals surface area contributed by atoms with Gasteiger partial charge in [0.1, 0.15) is 5.69 Å². The van der Waals surface area contributed by atoms with E-state index in [1.165, 1.54) is 16.8 Å². The van der Waals surface area contributed by atoms with Gasteiger partial charge in [0.2, 0.25) is 0 Å². The first-order valence-electron chi connectivity index (χ1n) is 6.61. The molecule has 0 radical (unpaired) electrons. The molecule has 1 unspecified atom stereocenters. The molecule has 106 valence electrons. The molecule has 7 nitrogen and oxygen atoms in total. The number of nitrogens with zero attached hydrogens (tertiary/aromatic N) is 2. The standard InChI is InChI=1S/C13H19N7/c1-7-3-8(2)15-4-9(7)5-16-11-10-12(18-6-17-10)20-13(14)19-11/h3,6,13,15,20H,4-5,14H2,1-2H3,(H,16,19)(H,17,18). The van der Waals surface area contributed by atoms with Crippen molar-refractivity contribution in [1.82, 2.24) is 20.6 Å². The third-order valence-electron chi connectivity index (χ3n) is 3.46. The first-order valence-corrected chi connectivity index (χ1v) is 6.61. The van der Waals surface area contributed by atoms with Crippen LogP contribution in [0.1, 0.15) is 19.5 Å². The van der Waals surface area contributed by atoms with E-state index in [1.54, 1.807) is 6.33 Å². The van der Waals surface area contributed by atoms with Crippen molar-refractivity contribution in [1.29, 1.82) is 0 Å². The second-order valence-corrected chi connectivity index (χ2v) is 5.02. The molecule has 2 aliphatic rings. The van der Waals surface area contributed by atoms with Crippen molar-refractivity contribution in [3.05, 3.63) is 34.9 Å². The predicted molar refractivity (Wildman–Crippen MR) is 79.2 cm³/mol. The fourth-order valence-electron chi connectivity index (χ4n) is 2.33. The average Bonchev–Trinajstić information content (AvgIpc) is 2.85. The van der Waals surface area contributed by atoms with Crippen molar-refractivity contribution in [3.63, 3.8) is 0 Å². The van der Waals surface area contributed by atoms with Gasteiger partial charge in [-0.15, -0.1) is 0 Å². The number of dihydropyridines is 1. The molecule has 3 heterocycles. The Bertz CT molecular complexity index is 608. The molecule has 3 rings (SSSR count). The van der Waals surface area contributed by atoms with Crippen LogP contribution in [0.15, 0.2) is 34.2 Å². The van der Waals surface area contributed by atoms with Crippen molar-refractivity contribution in [2.75, 3.05) is 18.4 Å². The van der Waals surface area contributed by atoms with Gasteiger partial charge in [0.05, 0.1) is 12.9 Å². The number of hydrogen-bond acceptors (Lipinski definition) is 5. The molecule has 0 spiro atoms. The fourth-order valence-corrected chi connectivity index (χ4v) is 2.33. The van der Waals surface area contributed by atoms with Gasteiger partial charge in [-0.1, -0.05) is 0 Å². The summed E-state index contributed by atoms with van der Waals surface area (Å²) in [6, 6.07) is 0. The zero-order chi connectivity index (χ0) is 14.1. The van der Waals surface area contributed by atoms with Crippen LogP contribution in [0.3, 0.4) is 0 Å². The van der Waals surface area contributed by atoms with Gasteiger partial charge in [0, 0.05) is 12.2 Å². The third-order valence-corrected chi connectivity index (χ3v) is 3.46. The molecule has 0 saturated heterocycles. The molecule has 7 heteroatoms. The molecule has 0 amide bonds. The molecule has 0 saturated carbocycles. The molecule has 0 fully saturated rings. The summed E-state index contributed by atoms with van der Waals surface area (Å²) in [4.78, 5) is 11.9. The van der Waals surface area contributed by atoms with Crippen LogP contribution < -0.4 is 21.7 Å². The van der Waals surface area contributed by atoms with E-state index in [9.17, 15) is 0 Å². The van der Waals surface area contributed by atoms with E-state index >= 15 is 0 Å². The topological polar surface area (TPSA) is 103 Å². The maximum Gasteiger partial charge on any atom is 0.157 e. The number of anilines is 1. The Hall–Kier alpha value is -2.28. The second-order valence-electron chi connectivity index (χ2n) is 5.02. The zero-order valence-corrected chi connectivity index (χ0v) is 11.6. The lowest BCUT2D eigenvalue weighted by atomic mass is 10.1. The van der Waals surface area contributed by atoms with Crippen LogP contribution >= 0.6 is 0 Å². The number of allylic oxidation sites excluding steroid dienone is 3. The Morgan fingerprint density at radius 1 is 1.40 bits per heavy atom.